The van der Waals surface area contributed by atoms with Gasteiger partial charge in [0, 0.05) is 55.4 Å². The van der Waals surface area contributed by atoms with Crippen LogP contribution in [-0.2, 0) is 9.53 Å². The van der Waals surface area contributed by atoms with Crippen molar-refractivity contribution in [3.8, 4) is 0 Å². The Morgan fingerprint density at radius 2 is 2.00 bits per heavy atom. The van der Waals surface area contributed by atoms with Gasteiger partial charge in [-0.1, -0.05) is 5.11 Å². The third-order valence-electron chi connectivity index (χ3n) is 4.80. The fourth-order valence-electron chi connectivity index (χ4n) is 3.80. The fourth-order valence-corrected chi connectivity index (χ4v) is 3.80. The highest BCUT2D eigenvalue weighted by molar-refractivity contribution is 5.79. The van der Waals surface area contributed by atoms with Crippen LogP contribution in [0.3, 0.4) is 0 Å². The first-order valence-corrected chi connectivity index (χ1v) is 8.08. The molecule has 126 valence electrons. The molecule has 8 heteroatoms. The molecule has 2 saturated heterocycles. The predicted molar refractivity (Wildman–Crippen MR) is 82.4 cm³/mol. The third-order valence-corrected chi connectivity index (χ3v) is 4.80. The number of likely N-dealkylation sites (tertiary alicyclic amines) is 2. The number of hydrogen-bond donors (Lipinski definition) is 0. The average molecular weight is 321 g/mol. The van der Waals surface area contributed by atoms with E-state index in [-0.39, 0.29) is 24.0 Å². The molecular formula is C15H23N5O3. The van der Waals surface area contributed by atoms with E-state index in [0.717, 1.165) is 0 Å². The molecular weight excluding hydrogens is 298 g/mol. The lowest BCUT2D eigenvalue weighted by Gasteiger charge is -2.27. The fraction of sp³-hybridized carbons (Fsp3) is 0.867. The lowest BCUT2D eigenvalue weighted by Crippen LogP contribution is -2.40. The summed E-state index contributed by atoms with van der Waals surface area (Å²) >= 11 is 0. The van der Waals surface area contributed by atoms with E-state index < -0.39 is 5.60 Å². The molecule has 2 heterocycles. The Bertz CT molecular complexity index is 554. The van der Waals surface area contributed by atoms with Gasteiger partial charge in [0.2, 0.25) is 5.91 Å². The number of fused-ring (bicyclic) bond motifs is 1. The van der Waals surface area contributed by atoms with E-state index in [1.54, 1.807) is 4.90 Å². The first-order chi connectivity index (χ1) is 10.8. The number of hydrogen-bond acceptors (Lipinski definition) is 4. The van der Waals surface area contributed by atoms with E-state index >= 15 is 0 Å². The predicted octanol–water partition coefficient (Wildman–Crippen LogP) is 2.01. The Hall–Kier alpha value is -1.95. The monoisotopic (exact) mass is 321 g/mol. The van der Waals surface area contributed by atoms with Crippen LogP contribution in [0.25, 0.3) is 10.4 Å². The molecule has 2 unspecified atom stereocenters. The second-order valence-electron chi connectivity index (χ2n) is 7.73. The van der Waals surface area contributed by atoms with Crippen LogP contribution in [0.4, 0.5) is 4.79 Å². The first-order valence-electron chi connectivity index (χ1n) is 8.08. The molecule has 0 radical (unpaired) electrons. The summed E-state index contributed by atoms with van der Waals surface area (Å²) in [5, 5.41) is 3.58. The van der Waals surface area contributed by atoms with Gasteiger partial charge in [0.1, 0.15) is 5.60 Å². The molecule has 2 aliphatic heterocycles. The molecule has 23 heavy (non-hydrogen) atoms. The van der Waals surface area contributed by atoms with E-state index in [4.69, 9.17) is 10.3 Å². The van der Waals surface area contributed by atoms with Gasteiger partial charge >= 0.3 is 6.09 Å². The molecule has 0 N–H and O–H groups in total. The van der Waals surface area contributed by atoms with Crippen LogP contribution in [-0.4, -0.2) is 59.6 Å². The quantitative estimate of drug-likeness (QED) is 0.451. The molecule has 2 amide bonds. The SMILES string of the molecule is CC(C)(C)OC(=O)N1C[C@@H]2C(N3CC(CN=[N+]=[N-])CC3=O)[C@@H]2C1. The maximum Gasteiger partial charge on any atom is 0.410 e. The number of amides is 2. The van der Waals surface area contributed by atoms with E-state index in [9.17, 15) is 9.59 Å². The van der Waals surface area contributed by atoms with Crippen LogP contribution < -0.4 is 0 Å². The Kier molecular flexibility index (Phi) is 3.88. The van der Waals surface area contributed by atoms with Crippen LogP contribution >= 0.6 is 0 Å². The molecule has 3 fully saturated rings. The number of carbonyl (C=O) groups excluding carboxylic acids is 2. The zero-order chi connectivity index (χ0) is 16.8. The Labute approximate surface area is 135 Å². The molecule has 0 bridgehead atoms. The van der Waals surface area contributed by atoms with Crippen LogP contribution in [0.2, 0.25) is 0 Å². The van der Waals surface area contributed by atoms with Crippen LogP contribution in [0.5, 0.6) is 0 Å². The van der Waals surface area contributed by atoms with Crippen LogP contribution in [0.15, 0.2) is 5.11 Å². The van der Waals surface area contributed by atoms with Gasteiger partial charge in [-0.05, 0) is 32.2 Å². The standard InChI is InChI=1S/C15H23N5O3/c1-15(2,3)23-14(22)19-7-10-11(8-19)13(10)20-6-9(4-12(20)21)5-17-18-16/h9-11,13H,4-8H2,1-3H3/t9?,10-,11+,13?. The van der Waals surface area contributed by atoms with E-state index in [2.05, 4.69) is 10.0 Å². The summed E-state index contributed by atoms with van der Waals surface area (Å²) in [6.45, 7) is 7.95. The number of azide groups is 1. The van der Waals surface area contributed by atoms with Crippen molar-refractivity contribution in [2.45, 2.75) is 38.8 Å². The van der Waals surface area contributed by atoms with Crippen molar-refractivity contribution in [1.29, 1.82) is 0 Å². The lowest BCUT2D eigenvalue weighted by atomic mass is 10.1. The summed E-state index contributed by atoms with van der Waals surface area (Å²) in [4.78, 5) is 30.7. The minimum atomic E-state index is -0.483. The number of nitrogens with zero attached hydrogens (tertiary/aromatic N) is 5. The Morgan fingerprint density at radius 1 is 1.35 bits per heavy atom. The molecule has 4 atom stereocenters. The summed E-state index contributed by atoms with van der Waals surface area (Å²) in [7, 11) is 0. The Morgan fingerprint density at radius 3 is 2.57 bits per heavy atom. The van der Waals surface area contributed by atoms with Crippen LogP contribution in [0.1, 0.15) is 27.2 Å². The van der Waals surface area contributed by atoms with Crippen molar-refractivity contribution >= 4 is 12.0 Å². The second kappa shape index (κ2) is 5.60. The summed E-state index contributed by atoms with van der Waals surface area (Å²) < 4.78 is 5.39. The van der Waals surface area contributed by atoms with Gasteiger partial charge in [0.25, 0.3) is 0 Å². The lowest BCUT2D eigenvalue weighted by molar-refractivity contribution is -0.128. The summed E-state index contributed by atoms with van der Waals surface area (Å²) in [6.07, 6.45) is 0.197. The summed E-state index contributed by atoms with van der Waals surface area (Å²) in [6, 6.07) is 0.247. The van der Waals surface area contributed by atoms with Gasteiger partial charge in [-0.3, -0.25) is 4.79 Å². The van der Waals surface area contributed by atoms with Crippen molar-refractivity contribution in [2.75, 3.05) is 26.2 Å². The molecule has 0 aromatic heterocycles. The zero-order valence-electron chi connectivity index (χ0n) is 13.8. The second-order valence-corrected chi connectivity index (χ2v) is 7.73. The van der Waals surface area contributed by atoms with E-state index in [1.807, 2.05) is 25.7 Å². The average Bonchev–Trinajstić information content (AvgIpc) is 2.82. The van der Waals surface area contributed by atoms with E-state index in [1.165, 1.54) is 0 Å². The molecule has 0 spiro atoms. The molecule has 3 rings (SSSR count). The van der Waals surface area contributed by atoms with Gasteiger partial charge in [-0.15, -0.1) is 0 Å². The number of piperidine rings is 1. The highest BCUT2D eigenvalue weighted by Crippen LogP contribution is 2.50. The summed E-state index contributed by atoms with van der Waals surface area (Å²) in [5.74, 6) is 1.00. The summed E-state index contributed by atoms with van der Waals surface area (Å²) in [5.41, 5.74) is 7.90. The van der Waals surface area contributed by atoms with Crippen molar-refractivity contribution in [1.82, 2.24) is 9.80 Å². The molecule has 3 aliphatic rings. The van der Waals surface area contributed by atoms with Crippen molar-refractivity contribution in [3.63, 3.8) is 0 Å². The maximum absolute atomic E-state index is 12.1. The maximum atomic E-state index is 12.1. The minimum absolute atomic E-state index is 0.127. The molecule has 0 aromatic carbocycles. The molecule has 0 aromatic rings. The number of rotatable bonds is 3. The highest BCUT2D eigenvalue weighted by Gasteiger charge is 2.61. The number of carbonyl (C=O) groups is 2. The normalized spacial score (nSPS) is 32.6. The van der Waals surface area contributed by atoms with Crippen LogP contribution in [0, 0.1) is 17.8 Å². The largest absolute Gasteiger partial charge is 0.444 e. The van der Waals surface area contributed by atoms with Gasteiger partial charge in [0.15, 0.2) is 0 Å². The first kappa shape index (κ1) is 15.9. The molecule has 1 saturated carbocycles. The minimum Gasteiger partial charge on any atom is -0.444 e. The molecule has 8 nitrogen and oxygen atoms in total. The van der Waals surface area contributed by atoms with Gasteiger partial charge in [-0.2, -0.15) is 0 Å². The topological polar surface area (TPSA) is 98.6 Å². The smallest absolute Gasteiger partial charge is 0.410 e. The van der Waals surface area contributed by atoms with Gasteiger partial charge < -0.3 is 14.5 Å². The van der Waals surface area contributed by atoms with Crippen molar-refractivity contribution < 1.29 is 14.3 Å². The Balaban J connectivity index is 1.51. The van der Waals surface area contributed by atoms with Gasteiger partial charge in [0.05, 0.1) is 0 Å². The molecule has 1 aliphatic carbocycles. The van der Waals surface area contributed by atoms with E-state index in [0.29, 0.717) is 44.4 Å². The van der Waals surface area contributed by atoms with Crippen molar-refractivity contribution in [2.24, 2.45) is 22.9 Å². The highest BCUT2D eigenvalue weighted by atomic mass is 16.6. The van der Waals surface area contributed by atoms with Crippen molar-refractivity contribution in [3.05, 3.63) is 10.4 Å². The third kappa shape index (κ3) is 3.22. The zero-order valence-corrected chi connectivity index (χ0v) is 13.8. The van der Waals surface area contributed by atoms with Gasteiger partial charge in [-0.25, -0.2) is 4.79 Å². The number of ether oxygens (including phenoxy) is 1.